The first-order valence-electron chi connectivity index (χ1n) is 7.44. The molecule has 0 aliphatic heterocycles. The first-order chi connectivity index (χ1) is 11.1. The highest BCUT2D eigenvalue weighted by Crippen LogP contribution is 2.33. The highest BCUT2D eigenvalue weighted by molar-refractivity contribution is 7.18. The summed E-state index contributed by atoms with van der Waals surface area (Å²) >= 11 is 1.29. The average Bonchev–Trinajstić information content (AvgIpc) is 3.32. The molecule has 1 aliphatic carbocycles. The van der Waals surface area contributed by atoms with Gasteiger partial charge < -0.3 is 15.4 Å². The van der Waals surface area contributed by atoms with Crippen LogP contribution in [0.15, 0.2) is 30.3 Å². The van der Waals surface area contributed by atoms with Gasteiger partial charge in [0.15, 0.2) is 0 Å². The van der Waals surface area contributed by atoms with Gasteiger partial charge in [-0.15, -0.1) is 11.3 Å². The summed E-state index contributed by atoms with van der Waals surface area (Å²) < 4.78 is 5.24. The smallest absolute Gasteiger partial charge is 0.266 e. The third kappa shape index (κ3) is 3.53. The maximum Gasteiger partial charge on any atom is 0.266 e. The van der Waals surface area contributed by atoms with Crippen molar-refractivity contribution in [3.63, 3.8) is 0 Å². The second-order valence-corrected chi connectivity index (χ2v) is 6.59. The molecule has 1 heterocycles. The Morgan fingerprint density at radius 1 is 1.22 bits per heavy atom. The zero-order valence-corrected chi connectivity index (χ0v) is 13.8. The van der Waals surface area contributed by atoms with Gasteiger partial charge in [0.1, 0.15) is 5.75 Å². The van der Waals surface area contributed by atoms with Crippen molar-refractivity contribution < 1.29 is 14.3 Å². The van der Waals surface area contributed by atoms with Crippen molar-refractivity contribution >= 4 is 33.8 Å². The van der Waals surface area contributed by atoms with Crippen LogP contribution >= 0.6 is 11.3 Å². The molecule has 0 unspecified atom stereocenters. The molecule has 0 saturated heterocycles. The second-order valence-electron chi connectivity index (χ2n) is 5.54. The molecule has 120 valence electrons. The van der Waals surface area contributed by atoms with Crippen LogP contribution in [0, 0.1) is 12.8 Å². The number of methoxy groups -OCH3 is 1. The lowest BCUT2D eigenvalue weighted by molar-refractivity contribution is -0.117. The molecule has 2 amide bonds. The summed E-state index contributed by atoms with van der Waals surface area (Å²) in [5, 5.41) is 6.45. The predicted molar refractivity (Wildman–Crippen MR) is 91.4 cm³/mol. The Kier molecular flexibility index (Phi) is 4.34. The number of carbonyl (C=O) groups excluding carboxylic acids is 2. The molecular weight excluding hydrogens is 312 g/mol. The molecule has 3 rings (SSSR count). The molecule has 1 aromatic carbocycles. The molecule has 6 heteroatoms. The lowest BCUT2D eigenvalue weighted by atomic mass is 10.2. The largest absolute Gasteiger partial charge is 0.495 e. The van der Waals surface area contributed by atoms with E-state index in [0.717, 1.165) is 18.4 Å². The molecule has 5 nitrogen and oxygen atoms in total. The Labute approximate surface area is 138 Å². The number of hydrogen-bond acceptors (Lipinski definition) is 4. The van der Waals surface area contributed by atoms with Gasteiger partial charge in [0.05, 0.1) is 22.7 Å². The lowest BCUT2D eigenvalue weighted by Crippen LogP contribution is -2.12. The van der Waals surface area contributed by atoms with E-state index in [2.05, 4.69) is 10.6 Å². The summed E-state index contributed by atoms with van der Waals surface area (Å²) in [7, 11) is 1.56. The SMILES string of the molecule is COc1ccccc1NC(=O)c1sc(NC(=O)C2CC2)cc1C. The van der Waals surface area contributed by atoms with E-state index in [1.165, 1.54) is 11.3 Å². The van der Waals surface area contributed by atoms with Crippen LogP contribution in [0.3, 0.4) is 0 Å². The van der Waals surface area contributed by atoms with Crippen LogP contribution in [0.5, 0.6) is 5.75 Å². The number of para-hydroxylation sites is 2. The molecule has 23 heavy (non-hydrogen) atoms. The molecule has 1 aromatic heterocycles. The highest BCUT2D eigenvalue weighted by Gasteiger charge is 2.30. The number of anilines is 2. The summed E-state index contributed by atoms with van der Waals surface area (Å²) in [5.74, 6) is 0.590. The van der Waals surface area contributed by atoms with Crippen molar-refractivity contribution in [2.24, 2.45) is 5.92 Å². The summed E-state index contributed by atoms with van der Waals surface area (Å²) in [6.07, 6.45) is 1.91. The number of carbonyl (C=O) groups is 2. The lowest BCUT2D eigenvalue weighted by Gasteiger charge is -2.09. The van der Waals surface area contributed by atoms with E-state index in [1.807, 2.05) is 25.1 Å². The molecule has 0 radical (unpaired) electrons. The van der Waals surface area contributed by atoms with Gasteiger partial charge in [-0.1, -0.05) is 12.1 Å². The number of hydrogen-bond donors (Lipinski definition) is 2. The topological polar surface area (TPSA) is 67.4 Å². The zero-order chi connectivity index (χ0) is 16.4. The van der Waals surface area contributed by atoms with Crippen molar-refractivity contribution in [2.45, 2.75) is 19.8 Å². The van der Waals surface area contributed by atoms with Crippen LogP contribution in [0.2, 0.25) is 0 Å². The third-order valence-corrected chi connectivity index (χ3v) is 4.83. The van der Waals surface area contributed by atoms with Gasteiger partial charge in [-0.05, 0) is 43.5 Å². The monoisotopic (exact) mass is 330 g/mol. The molecule has 0 spiro atoms. The van der Waals surface area contributed by atoms with Gasteiger partial charge in [-0.25, -0.2) is 0 Å². The Morgan fingerprint density at radius 2 is 1.96 bits per heavy atom. The third-order valence-electron chi connectivity index (χ3n) is 3.67. The maximum atomic E-state index is 12.5. The number of ether oxygens (including phenoxy) is 1. The molecule has 1 fully saturated rings. The zero-order valence-electron chi connectivity index (χ0n) is 13.0. The molecule has 2 aromatic rings. The minimum atomic E-state index is -0.205. The van der Waals surface area contributed by atoms with Gasteiger partial charge in [-0.2, -0.15) is 0 Å². The summed E-state index contributed by atoms with van der Waals surface area (Å²) in [4.78, 5) is 24.9. The normalized spacial score (nSPS) is 13.5. The number of nitrogens with one attached hydrogen (secondary N) is 2. The van der Waals surface area contributed by atoms with E-state index in [4.69, 9.17) is 4.74 Å². The molecule has 0 atom stereocenters. The molecule has 1 aliphatic rings. The number of aryl methyl sites for hydroxylation is 1. The fourth-order valence-corrected chi connectivity index (χ4v) is 3.24. The number of rotatable bonds is 5. The Balaban J connectivity index is 1.74. The summed E-state index contributed by atoms with van der Waals surface area (Å²) in [6.45, 7) is 1.86. The van der Waals surface area contributed by atoms with Crippen LogP contribution in [0.4, 0.5) is 10.7 Å². The quantitative estimate of drug-likeness (QED) is 0.879. The number of thiophene rings is 1. The van der Waals surface area contributed by atoms with Crippen molar-refractivity contribution in [2.75, 3.05) is 17.7 Å². The number of amides is 2. The first-order valence-corrected chi connectivity index (χ1v) is 8.26. The minimum Gasteiger partial charge on any atom is -0.495 e. The Morgan fingerprint density at radius 3 is 2.65 bits per heavy atom. The Bertz CT molecular complexity index is 750. The highest BCUT2D eigenvalue weighted by atomic mass is 32.1. The standard InChI is InChI=1S/C17H18N2O3S/c1-10-9-14(19-16(20)11-7-8-11)23-15(10)17(21)18-12-5-3-4-6-13(12)22-2/h3-6,9,11H,7-8H2,1-2H3,(H,18,21)(H,19,20). The van der Waals surface area contributed by atoms with E-state index in [9.17, 15) is 9.59 Å². The van der Waals surface area contributed by atoms with Gasteiger partial charge in [0.25, 0.3) is 5.91 Å². The molecule has 2 N–H and O–H groups in total. The summed E-state index contributed by atoms with van der Waals surface area (Å²) in [6, 6.07) is 9.09. The fourth-order valence-electron chi connectivity index (χ4n) is 2.27. The van der Waals surface area contributed by atoms with Gasteiger partial charge in [0.2, 0.25) is 5.91 Å². The molecule has 1 saturated carbocycles. The van der Waals surface area contributed by atoms with Crippen molar-refractivity contribution in [1.29, 1.82) is 0 Å². The van der Waals surface area contributed by atoms with Crippen LogP contribution < -0.4 is 15.4 Å². The van der Waals surface area contributed by atoms with Crippen LogP contribution in [-0.4, -0.2) is 18.9 Å². The average molecular weight is 330 g/mol. The van der Waals surface area contributed by atoms with Gasteiger partial charge in [0, 0.05) is 5.92 Å². The summed E-state index contributed by atoms with van der Waals surface area (Å²) in [5.41, 5.74) is 1.46. The van der Waals surface area contributed by atoms with Crippen LogP contribution in [-0.2, 0) is 4.79 Å². The van der Waals surface area contributed by atoms with Crippen LogP contribution in [0.25, 0.3) is 0 Å². The van der Waals surface area contributed by atoms with E-state index >= 15 is 0 Å². The van der Waals surface area contributed by atoms with E-state index in [0.29, 0.717) is 21.3 Å². The molecule has 0 bridgehead atoms. The van der Waals surface area contributed by atoms with Crippen molar-refractivity contribution in [1.82, 2.24) is 0 Å². The van der Waals surface area contributed by atoms with Crippen LogP contribution in [0.1, 0.15) is 28.1 Å². The van der Waals surface area contributed by atoms with Crippen molar-refractivity contribution in [3.8, 4) is 5.75 Å². The first kappa shape index (κ1) is 15.6. The van der Waals surface area contributed by atoms with Crippen molar-refractivity contribution in [3.05, 3.63) is 40.8 Å². The van der Waals surface area contributed by atoms with Gasteiger partial charge >= 0.3 is 0 Å². The second kappa shape index (κ2) is 6.42. The maximum absolute atomic E-state index is 12.5. The van der Waals surface area contributed by atoms with E-state index < -0.39 is 0 Å². The minimum absolute atomic E-state index is 0.0444. The number of benzene rings is 1. The van der Waals surface area contributed by atoms with E-state index in [1.54, 1.807) is 19.2 Å². The fraction of sp³-hybridized carbons (Fsp3) is 0.294. The predicted octanol–water partition coefficient (Wildman–Crippen LogP) is 3.67. The molecular formula is C17H18N2O3S. The Hall–Kier alpha value is -2.34. The van der Waals surface area contributed by atoms with Gasteiger partial charge in [-0.3, -0.25) is 9.59 Å². The van der Waals surface area contributed by atoms with E-state index in [-0.39, 0.29) is 17.7 Å².